The van der Waals surface area contributed by atoms with E-state index in [1.54, 1.807) is 31.4 Å². The van der Waals surface area contributed by atoms with E-state index in [0.717, 1.165) is 43.7 Å². The first-order valence-corrected chi connectivity index (χ1v) is 11.3. The monoisotopic (exact) mass is 441 g/mol. The van der Waals surface area contributed by atoms with Crippen molar-refractivity contribution >= 4 is 11.9 Å². The van der Waals surface area contributed by atoms with Crippen LogP contribution in [-0.4, -0.2) is 55.1 Å². The Bertz CT molecular complexity index is 961. The van der Waals surface area contributed by atoms with Crippen LogP contribution in [0, 0.1) is 5.41 Å². The highest BCUT2D eigenvalue weighted by Crippen LogP contribution is 2.37. The molecule has 1 spiro atoms. The lowest BCUT2D eigenvalue weighted by Gasteiger charge is -2.36. The van der Waals surface area contributed by atoms with E-state index in [1.165, 1.54) is 0 Å². The zero-order valence-electron chi connectivity index (χ0n) is 18.8. The maximum absolute atomic E-state index is 12.9. The number of carbonyl (C=O) groups is 2. The van der Waals surface area contributed by atoms with Gasteiger partial charge in [-0.05, 0) is 68.7 Å². The second-order valence-corrected chi connectivity index (χ2v) is 8.53. The maximum Gasteiger partial charge on any atom is 0.338 e. The first kappa shape index (κ1) is 22.3. The van der Waals surface area contributed by atoms with Gasteiger partial charge in [-0.2, -0.15) is 5.10 Å². The van der Waals surface area contributed by atoms with Crippen LogP contribution in [0.5, 0.6) is 5.75 Å². The highest BCUT2D eigenvalue weighted by Gasteiger charge is 2.39. The first-order chi connectivity index (χ1) is 15.5. The summed E-state index contributed by atoms with van der Waals surface area (Å²) >= 11 is 0. The quantitative estimate of drug-likeness (QED) is 0.525. The van der Waals surface area contributed by atoms with Gasteiger partial charge in [0.2, 0.25) is 0 Å². The van der Waals surface area contributed by atoms with Crippen molar-refractivity contribution in [2.75, 3.05) is 33.5 Å². The molecule has 8 heteroatoms. The van der Waals surface area contributed by atoms with E-state index in [2.05, 4.69) is 5.32 Å². The number of aryl methyl sites for hydroxylation is 2. The molecule has 2 aliphatic rings. The van der Waals surface area contributed by atoms with Crippen LogP contribution in [0.25, 0.3) is 0 Å². The molecule has 172 valence electrons. The van der Waals surface area contributed by atoms with E-state index in [4.69, 9.17) is 19.3 Å². The summed E-state index contributed by atoms with van der Waals surface area (Å²) in [6.45, 7) is 5.05. The fourth-order valence-electron chi connectivity index (χ4n) is 4.58. The lowest BCUT2D eigenvalue weighted by molar-refractivity contribution is 0.0160. The van der Waals surface area contributed by atoms with Crippen LogP contribution in [0.3, 0.4) is 0 Å². The van der Waals surface area contributed by atoms with Gasteiger partial charge < -0.3 is 19.5 Å². The first-order valence-electron chi connectivity index (χ1n) is 11.3. The number of aromatic nitrogens is 2. The Hall–Kier alpha value is -2.87. The topological polar surface area (TPSA) is 91.7 Å². The minimum absolute atomic E-state index is 0.0242. The number of carbonyl (C=O) groups excluding carboxylic acids is 2. The number of nitrogens with zero attached hydrogens (tertiary/aromatic N) is 2. The van der Waals surface area contributed by atoms with Crippen molar-refractivity contribution < 1.29 is 23.8 Å². The maximum atomic E-state index is 12.9. The summed E-state index contributed by atoms with van der Waals surface area (Å²) in [4.78, 5) is 25.1. The Morgan fingerprint density at radius 2 is 2.00 bits per heavy atom. The molecule has 1 N–H and O–H groups in total. The van der Waals surface area contributed by atoms with Crippen LogP contribution in [-0.2, 0) is 28.9 Å². The third-order valence-corrected chi connectivity index (χ3v) is 6.49. The highest BCUT2D eigenvalue weighted by atomic mass is 16.5. The van der Waals surface area contributed by atoms with Crippen LogP contribution in [0.15, 0.2) is 24.3 Å². The Kier molecular flexibility index (Phi) is 6.79. The fraction of sp³-hybridized carbons (Fsp3) is 0.542. The van der Waals surface area contributed by atoms with Gasteiger partial charge in [0, 0.05) is 31.9 Å². The number of methoxy groups -OCH3 is 1. The van der Waals surface area contributed by atoms with Gasteiger partial charge in [0.1, 0.15) is 11.4 Å². The number of benzene rings is 1. The minimum atomic E-state index is -0.355. The molecular weight excluding hydrogens is 410 g/mol. The molecule has 0 radical (unpaired) electrons. The van der Waals surface area contributed by atoms with Crippen molar-refractivity contribution in [1.29, 1.82) is 0 Å². The molecule has 0 atom stereocenters. The second-order valence-electron chi connectivity index (χ2n) is 8.53. The molecule has 0 saturated carbocycles. The molecule has 1 amide bonds. The van der Waals surface area contributed by atoms with Crippen molar-refractivity contribution in [1.82, 2.24) is 15.1 Å². The smallest absolute Gasteiger partial charge is 0.338 e. The van der Waals surface area contributed by atoms with Crippen LogP contribution < -0.4 is 10.1 Å². The van der Waals surface area contributed by atoms with Gasteiger partial charge in [0.05, 0.1) is 25.0 Å². The van der Waals surface area contributed by atoms with Crippen molar-refractivity contribution in [3.63, 3.8) is 0 Å². The Morgan fingerprint density at radius 3 is 2.69 bits per heavy atom. The van der Waals surface area contributed by atoms with E-state index in [9.17, 15) is 9.59 Å². The van der Waals surface area contributed by atoms with Crippen molar-refractivity contribution in [3.8, 4) is 5.75 Å². The van der Waals surface area contributed by atoms with Gasteiger partial charge >= 0.3 is 5.97 Å². The summed E-state index contributed by atoms with van der Waals surface area (Å²) in [6, 6.07) is 6.85. The average Bonchev–Trinajstić information content (AvgIpc) is 3.10. The number of hydrogen-bond acceptors (Lipinski definition) is 6. The second kappa shape index (κ2) is 9.73. The molecule has 0 bridgehead atoms. The number of ether oxygens (including phenoxy) is 3. The zero-order chi connectivity index (χ0) is 22.6. The van der Waals surface area contributed by atoms with E-state index in [1.807, 2.05) is 11.6 Å². The summed E-state index contributed by atoms with van der Waals surface area (Å²) in [5, 5.41) is 7.87. The third-order valence-electron chi connectivity index (χ3n) is 6.49. The van der Waals surface area contributed by atoms with Crippen LogP contribution in [0.1, 0.15) is 58.3 Å². The molecule has 4 rings (SSSR count). The number of amides is 1. The number of fused-ring (bicyclic) bond motifs is 1. The number of rotatable bonds is 7. The number of hydrogen-bond donors (Lipinski definition) is 1. The summed E-state index contributed by atoms with van der Waals surface area (Å²) in [5.41, 5.74) is 3.18. The zero-order valence-corrected chi connectivity index (χ0v) is 18.8. The van der Waals surface area contributed by atoms with E-state index in [-0.39, 0.29) is 17.3 Å². The molecule has 1 aromatic carbocycles. The summed E-state index contributed by atoms with van der Waals surface area (Å²) in [7, 11) is 1.58. The van der Waals surface area contributed by atoms with Crippen LogP contribution in [0.2, 0.25) is 0 Å². The Morgan fingerprint density at radius 1 is 1.25 bits per heavy atom. The average molecular weight is 442 g/mol. The highest BCUT2D eigenvalue weighted by molar-refractivity contribution is 5.94. The minimum Gasteiger partial charge on any atom is -0.497 e. The lowest BCUT2D eigenvalue weighted by Crippen LogP contribution is -2.40. The number of nitrogens with one attached hydrogen (secondary N) is 1. The molecule has 1 aromatic heterocycles. The predicted octanol–water partition coefficient (Wildman–Crippen LogP) is 2.78. The van der Waals surface area contributed by atoms with Gasteiger partial charge in [0.25, 0.3) is 5.91 Å². The molecule has 1 saturated heterocycles. The van der Waals surface area contributed by atoms with Crippen molar-refractivity contribution in [3.05, 3.63) is 46.8 Å². The Balaban J connectivity index is 1.42. The lowest BCUT2D eigenvalue weighted by atomic mass is 9.75. The van der Waals surface area contributed by atoms with E-state index < -0.39 is 0 Å². The van der Waals surface area contributed by atoms with Crippen LogP contribution >= 0.6 is 0 Å². The molecule has 8 nitrogen and oxygen atoms in total. The largest absolute Gasteiger partial charge is 0.497 e. The summed E-state index contributed by atoms with van der Waals surface area (Å²) in [6.07, 6.45) is 4.00. The summed E-state index contributed by atoms with van der Waals surface area (Å²) in [5.74, 6) is 0.293. The summed E-state index contributed by atoms with van der Waals surface area (Å²) < 4.78 is 17.9. The van der Waals surface area contributed by atoms with Gasteiger partial charge in [0.15, 0.2) is 0 Å². The van der Waals surface area contributed by atoms with E-state index >= 15 is 0 Å². The molecule has 1 fully saturated rings. The molecule has 3 heterocycles. The predicted molar refractivity (Wildman–Crippen MR) is 118 cm³/mol. The number of esters is 1. The molecule has 2 aliphatic heterocycles. The molecular formula is C24H31N3O5. The van der Waals surface area contributed by atoms with Gasteiger partial charge in [-0.1, -0.05) is 0 Å². The van der Waals surface area contributed by atoms with Gasteiger partial charge in [-0.3, -0.25) is 9.48 Å². The molecule has 0 aliphatic carbocycles. The molecule has 32 heavy (non-hydrogen) atoms. The van der Waals surface area contributed by atoms with Crippen molar-refractivity contribution in [2.24, 2.45) is 5.41 Å². The third kappa shape index (κ3) is 4.65. The molecule has 2 aromatic rings. The SMILES string of the molecule is CCn1nc(CCCOC(=O)c2ccc(OC)cc2)c2c1C(=O)NCC1(CCOCC1)C2. The van der Waals surface area contributed by atoms with Gasteiger partial charge in [-0.15, -0.1) is 0 Å². The standard InChI is InChI=1S/C24H31N3O5/c1-3-27-21-19(15-24(16-25-22(21)28)10-13-31-14-11-24)20(26-27)5-4-12-32-23(29)17-6-8-18(30-2)9-7-17/h6-9H,3-5,10-16H2,1-2H3,(H,25,28). The van der Waals surface area contributed by atoms with E-state index in [0.29, 0.717) is 49.5 Å². The van der Waals surface area contributed by atoms with Crippen molar-refractivity contribution in [2.45, 2.75) is 45.6 Å². The molecule has 0 unspecified atom stereocenters. The normalized spacial score (nSPS) is 17.4. The van der Waals surface area contributed by atoms with Gasteiger partial charge in [-0.25, -0.2) is 4.79 Å². The van der Waals surface area contributed by atoms with Crippen LogP contribution in [0.4, 0.5) is 0 Å². The fourth-order valence-corrected chi connectivity index (χ4v) is 4.58. The Labute approximate surface area is 188 Å².